The van der Waals surface area contributed by atoms with Crippen molar-refractivity contribution in [2.45, 2.75) is 20.0 Å². The summed E-state index contributed by atoms with van der Waals surface area (Å²) in [6, 6.07) is 7.84. The number of carbonyl (C=O) groups is 1. The van der Waals surface area contributed by atoms with E-state index in [9.17, 15) is 9.18 Å². The Morgan fingerprint density at radius 1 is 1.11 bits per heavy atom. The first-order valence-corrected chi connectivity index (χ1v) is 8.65. The first-order chi connectivity index (χ1) is 13.6. The van der Waals surface area contributed by atoms with Crippen LogP contribution in [0.15, 0.2) is 55.1 Å². The molecular weight excluding hydrogens is 363 g/mol. The lowest BCUT2D eigenvalue weighted by atomic mass is 10.2. The fourth-order valence-corrected chi connectivity index (χ4v) is 2.63. The molecular formula is C18H17FN8O. The molecule has 0 aliphatic heterocycles. The molecule has 0 spiro atoms. The molecule has 0 atom stereocenters. The Morgan fingerprint density at radius 2 is 1.93 bits per heavy atom. The summed E-state index contributed by atoms with van der Waals surface area (Å²) < 4.78 is 16.2. The first-order valence-electron chi connectivity index (χ1n) is 8.65. The van der Waals surface area contributed by atoms with Crippen LogP contribution in [0.3, 0.4) is 0 Å². The standard InChI is InChI=1S/C18H17FN8O/c1-2-27-21-10-17(24-27)22-18(28)12-25-8-7-16(23-25)13-9-20-26(11-13)15-5-3-14(19)4-6-15/h3-11H,2,12H2,1H3,(H,22,24,28). The van der Waals surface area contributed by atoms with Gasteiger partial charge in [-0.2, -0.15) is 20.1 Å². The van der Waals surface area contributed by atoms with Gasteiger partial charge in [-0.1, -0.05) is 0 Å². The van der Waals surface area contributed by atoms with Crippen molar-refractivity contribution in [3.63, 3.8) is 0 Å². The third kappa shape index (κ3) is 3.80. The lowest BCUT2D eigenvalue weighted by Gasteiger charge is -2.01. The van der Waals surface area contributed by atoms with Gasteiger partial charge in [0.25, 0.3) is 0 Å². The van der Waals surface area contributed by atoms with Crippen LogP contribution in [0.2, 0.25) is 0 Å². The molecule has 9 nitrogen and oxygen atoms in total. The van der Waals surface area contributed by atoms with Crippen molar-refractivity contribution in [1.29, 1.82) is 0 Å². The lowest BCUT2D eigenvalue weighted by molar-refractivity contribution is -0.116. The number of benzene rings is 1. The Balaban J connectivity index is 1.42. The van der Waals surface area contributed by atoms with Gasteiger partial charge in [0.1, 0.15) is 12.4 Å². The summed E-state index contributed by atoms with van der Waals surface area (Å²) in [4.78, 5) is 13.6. The number of rotatable bonds is 6. The van der Waals surface area contributed by atoms with Crippen LogP contribution in [0.5, 0.6) is 0 Å². The van der Waals surface area contributed by atoms with Crippen molar-refractivity contribution in [3.05, 3.63) is 60.9 Å². The number of hydrogen-bond donors (Lipinski definition) is 1. The second-order valence-corrected chi connectivity index (χ2v) is 6.02. The monoisotopic (exact) mass is 380 g/mol. The van der Waals surface area contributed by atoms with Gasteiger partial charge in [0, 0.05) is 18.0 Å². The molecule has 3 aromatic heterocycles. The summed E-state index contributed by atoms with van der Waals surface area (Å²) >= 11 is 0. The molecule has 0 bridgehead atoms. The highest BCUT2D eigenvalue weighted by atomic mass is 19.1. The van der Waals surface area contributed by atoms with Gasteiger partial charge in [-0.15, -0.1) is 5.10 Å². The highest BCUT2D eigenvalue weighted by Crippen LogP contribution is 2.18. The highest BCUT2D eigenvalue weighted by Gasteiger charge is 2.10. The van der Waals surface area contributed by atoms with Gasteiger partial charge in [-0.3, -0.25) is 9.48 Å². The van der Waals surface area contributed by atoms with Gasteiger partial charge >= 0.3 is 0 Å². The largest absolute Gasteiger partial charge is 0.306 e. The second-order valence-electron chi connectivity index (χ2n) is 6.02. The zero-order valence-electron chi connectivity index (χ0n) is 15.0. The Hall–Kier alpha value is -3.82. The molecule has 0 radical (unpaired) electrons. The van der Waals surface area contributed by atoms with Crippen molar-refractivity contribution in [3.8, 4) is 16.9 Å². The fraction of sp³-hybridized carbons (Fsp3) is 0.167. The molecule has 0 unspecified atom stereocenters. The van der Waals surface area contributed by atoms with E-state index in [2.05, 4.69) is 25.7 Å². The van der Waals surface area contributed by atoms with Crippen LogP contribution >= 0.6 is 0 Å². The van der Waals surface area contributed by atoms with Gasteiger partial charge in [0.2, 0.25) is 5.91 Å². The maximum Gasteiger partial charge on any atom is 0.247 e. The van der Waals surface area contributed by atoms with Gasteiger partial charge in [-0.05, 0) is 37.3 Å². The van der Waals surface area contributed by atoms with Gasteiger partial charge < -0.3 is 5.32 Å². The maximum atomic E-state index is 13.1. The summed E-state index contributed by atoms with van der Waals surface area (Å²) in [5.74, 6) is -0.148. The molecule has 0 aliphatic carbocycles. The molecule has 1 aromatic carbocycles. The quantitative estimate of drug-likeness (QED) is 0.553. The molecule has 0 aliphatic rings. The van der Waals surface area contributed by atoms with Crippen LogP contribution in [-0.2, 0) is 17.9 Å². The summed E-state index contributed by atoms with van der Waals surface area (Å²) in [6.07, 6.45) is 6.68. The van der Waals surface area contributed by atoms with E-state index in [1.807, 2.05) is 6.92 Å². The number of carbonyl (C=O) groups excluding carboxylic acids is 1. The predicted octanol–water partition coefficient (Wildman–Crippen LogP) is 2.12. The normalized spacial score (nSPS) is 10.9. The first kappa shape index (κ1) is 17.6. The van der Waals surface area contributed by atoms with Crippen molar-refractivity contribution in [1.82, 2.24) is 34.6 Å². The van der Waals surface area contributed by atoms with E-state index in [0.717, 1.165) is 11.3 Å². The zero-order valence-corrected chi connectivity index (χ0v) is 15.0. The molecule has 4 aromatic rings. The van der Waals surface area contributed by atoms with Gasteiger partial charge in [0.15, 0.2) is 5.82 Å². The van der Waals surface area contributed by atoms with Gasteiger partial charge in [-0.25, -0.2) is 9.07 Å². The number of halogens is 1. The molecule has 0 fully saturated rings. The number of amides is 1. The van der Waals surface area contributed by atoms with E-state index < -0.39 is 0 Å². The summed E-state index contributed by atoms with van der Waals surface area (Å²) in [5, 5.41) is 19.5. The van der Waals surface area contributed by atoms with E-state index in [1.54, 1.807) is 41.5 Å². The van der Waals surface area contributed by atoms with Crippen LogP contribution in [0, 0.1) is 5.82 Å². The van der Waals surface area contributed by atoms with Gasteiger partial charge in [0.05, 0.1) is 30.3 Å². The van der Waals surface area contributed by atoms with Crippen LogP contribution in [-0.4, -0.2) is 40.5 Å². The minimum Gasteiger partial charge on any atom is -0.306 e. The number of hydrogen-bond acceptors (Lipinski definition) is 5. The maximum absolute atomic E-state index is 13.1. The molecule has 10 heteroatoms. The average molecular weight is 380 g/mol. The number of anilines is 1. The summed E-state index contributed by atoms with van der Waals surface area (Å²) in [6.45, 7) is 2.59. The van der Waals surface area contributed by atoms with Crippen LogP contribution in [0.25, 0.3) is 16.9 Å². The van der Waals surface area contributed by atoms with Crippen LogP contribution in [0.4, 0.5) is 10.2 Å². The van der Waals surface area contributed by atoms with E-state index in [0.29, 0.717) is 18.1 Å². The molecule has 4 rings (SSSR count). The highest BCUT2D eigenvalue weighted by molar-refractivity contribution is 5.89. The number of aryl methyl sites for hydroxylation is 1. The Bertz CT molecular complexity index is 1090. The molecule has 3 heterocycles. The van der Waals surface area contributed by atoms with Crippen molar-refractivity contribution in [2.24, 2.45) is 0 Å². The van der Waals surface area contributed by atoms with Crippen LogP contribution < -0.4 is 5.32 Å². The smallest absolute Gasteiger partial charge is 0.247 e. The molecule has 1 N–H and O–H groups in total. The lowest BCUT2D eigenvalue weighted by Crippen LogP contribution is -2.19. The Kier molecular flexibility index (Phi) is 4.67. The average Bonchev–Trinajstić information content (AvgIpc) is 3.42. The molecule has 0 saturated heterocycles. The van der Waals surface area contributed by atoms with E-state index in [-0.39, 0.29) is 18.3 Å². The minimum atomic E-state index is -0.301. The third-order valence-corrected chi connectivity index (χ3v) is 4.00. The van der Waals surface area contributed by atoms with E-state index in [1.165, 1.54) is 27.8 Å². The number of aromatic nitrogens is 7. The third-order valence-electron chi connectivity index (χ3n) is 4.00. The second kappa shape index (κ2) is 7.43. The summed E-state index contributed by atoms with van der Waals surface area (Å²) in [7, 11) is 0. The van der Waals surface area contributed by atoms with E-state index in [4.69, 9.17) is 0 Å². The summed E-state index contributed by atoms with van der Waals surface area (Å²) in [5.41, 5.74) is 2.21. The topological polar surface area (TPSA) is 95.5 Å². The van der Waals surface area contributed by atoms with Crippen molar-refractivity contribution < 1.29 is 9.18 Å². The number of nitrogens with zero attached hydrogens (tertiary/aromatic N) is 7. The Labute approximate surface area is 159 Å². The molecule has 28 heavy (non-hydrogen) atoms. The molecule has 1 amide bonds. The SMILES string of the molecule is CCn1ncc(NC(=O)Cn2ccc(-c3cnn(-c4ccc(F)cc4)c3)n2)n1. The molecule has 0 saturated carbocycles. The van der Waals surface area contributed by atoms with Crippen molar-refractivity contribution >= 4 is 11.7 Å². The van der Waals surface area contributed by atoms with E-state index >= 15 is 0 Å². The number of nitrogens with one attached hydrogen (secondary N) is 1. The molecule has 142 valence electrons. The zero-order chi connectivity index (χ0) is 19.5. The van der Waals surface area contributed by atoms with Crippen molar-refractivity contribution in [2.75, 3.05) is 5.32 Å². The Morgan fingerprint density at radius 3 is 2.68 bits per heavy atom. The van der Waals surface area contributed by atoms with Crippen LogP contribution in [0.1, 0.15) is 6.92 Å². The minimum absolute atomic E-state index is 0.0467. The predicted molar refractivity (Wildman–Crippen MR) is 99.1 cm³/mol. The fourth-order valence-electron chi connectivity index (χ4n) is 2.63.